The van der Waals surface area contributed by atoms with E-state index < -0.39 is 0 Å². The SMILES string of the molecule is CCOc1ccc(N=Cc2cc(Br)c(OCc3ccc(F)cc3)c(OC)c2)cc1. The molecule has 3 aromatic carbocycles. The monoisotopic (exact) mass is 457 g/mol. The molecule has 3 aromatic rings. The lowest BCUT2D eigenvalue weighted by Gasteiger charge is -2.13. The van der Waals surface area contributed by atoms with E-state index in [1.807, 2.05) is 43.3 Å². The quantitative estimate of drug-likeness (QED) is 0.371. The first-order chi connectivity index (χ1) is 14.1. The van der Waals surface area contributed by atoms with Crippen molar-refractivity contribution in [1.82, 2.24) is 0 Å². The summed E-state index contributed by atoms with van der Waals surface area (Å²) >= 11 is 3.53. The second kappa shape index (κ2) is 10.1. The highest BCUT2D eigenvalue weighted by atomic mass is 79.9. The molecule has 0 N–H and O–H groups in total. The average Bonchev–Trinajstić information content (AvgIpc) is 2.73. The van der Waals surface area contributed by atoms with E-state index in [0.717, 1.165) is 27.0 Å². The first-order valence-corrected chi connectivity index (χ1v) is 9.90. The molecule has 0 unspecified atom stereocenters. The van der Waals surface area contributed by atoms with Gasteiger partial charge in [0.2, 0.25) is 0 Å². The Labute approximate surface area is 178 Å². The third-order valence-electron chi connectivity index (χ3n) is 4.06. The number of ether oxygens (including phenoxy) is 3. The van der Waals surface area contributed by atoms with E-state index in [1.165, 1.54) is 12.1 Å². The highest BCUT2D eigenvalue weighted by molar-refractivity contribution is 9.10. The van der Waals surface area contributed by atoms with Gasteiger partial charge >= 0.3 is 0 Å². The summed E-state index contributed by atoms with van der Waals surface area (Å²) < 4.78 is 30.6. The number of methoxy groups -OCH3 is 1. The van der Waals surface area contributed by atoms with Crippen molar-refractivity contribution in [3.05, 3.63) is 82.1 Å². The lowest BCUT2D eigenvalue weighted by Crippen LogP contribution is -1.99. The molecule has 0 saturated heterocycles. The number of rotatable bonds is 8. The molecule has 4 nitrogen and oxygen atoms in total. The third kappa shape index (κ3) is 5.81. The van der Waals surface area contributed by atoms with Gasteiger partial charge in [-0.2, -0.15) is 0 Å². The van der Waals surface area contributed by atoms with Crippen molar-refractivity contribution in [2.45, 2.75) is 13.5 Å². The van der Waals surface area contributed by atoms with E-state index >= 15 is 0 Å². The minimum Gasteiger partial charge on any atom is -0.494 e. The van der Waals surface area contributed by atoms with E-state index in [4.69, 9.17) is 14.2 Å². The molecule has 0 bridgehead atoms. The van der Waals surface area contributed by atoms with Gasteiger partial charge in [-0.15, -0.1) is 0 Å². The highest BCUT2D eigenvalue weighted by Crippen LogP contribution is 2.37. The minimum absolute atomic E-state index is 0.274. The predicted octanol–water partition coefficient (Wildman–Crippen LogP) is 6.33. The summed E-state index contributed by atoms with van der Waals surface area (Å²) in [6, 6.07) is 17.5. The number of benzene rings is 3. The van der Waals surface area contributed by atoms with Crippen LogP contribution in [-0.4, -0.2) is 19.9 Å². The Morgan fingerprint density at radius 3 is 2.38 bits per heavy atom. The van der Waals surface area contributed by atoms with Crippen LogP contribution in [0.4, 0.5) is 10.1 Å². The highest BCUT2D eigenvalue weighted by Gasteiger charge is 2.11. The number of aliphatic imine (C=N–C) groups is 1. The van der Waals surface area contributed by atoms with Gasteiger partial charge in [-0.05, 0) is 82.5 Å². The normalized spacial score (nSPS) is 10.9. The topological polar surface area (TPSA) is 40.0 Å². The van der Waals surface area contributed by atoms with E-state index in [2.05, 4.69) is 20.9 Å². The van der Waals surface area contributed by atoms with Crippen LogP contribution in [0.1, 0.15) is 18.1 Å². The van der Waals surface area contributed by atoms with Gasteiger partial charge in [-0.3, -0.25) is 4.99 Å². The number of nitrogens with zero attached hydrogens (tertiary/aromatic N) is 1. The van der Waals surface area contributed by atoms with E-state index in [1.54, 1.807) is 25.5 Å². The maximum atomic E-state index is 13.0. The van der Waals surface area contributed by atoms with Gasteiger partial charge in [0.05, 0.1) is 23.9 Å². The summed E-state index contributed by atoms with van der Waals surface area (Å²) in [5, 5.41) is 0. The fourth-order valence-electron chi connectivity index (χ4n) is 2.63. The largest absolute Gasteiger partial charge is 0.494 e. The molecule has 0 saturated carbocycles. The minimum atomic E-state index is -0.274. The van der Waals surface area contributed by atoms with Crippen LogP contribution < -0.4 is 14.2 Å². The molecule has 6 heteroatoms. The Morgan fingerprint density at radius 1 is 1.00 bits per heavy atom. The molecule has 0 atom stereocenters. The van der Waals surface area contributed by atoms with Crippen LogP contribution in [0, 0.1) is 5.82 Å². The molecule has 0 heterocycles. The molecular weight excluding hydrogens is 437 g/mol. The number of halogens is 2. The molecule has 0 amide bonds. The predicted molar refractivity (Wildman–Crippen MR) is 116 cm³/mol. The molecule has 0 aliphatic carbocycles. The summed E-state index contributed by atoms with van der Waals surface area (Å²) in [5.41, 5.74) is 2.54. The molecule has 150 valence electrons. The van der Waals surface area contributed by atoms with Gasteiger partial charge in [0, 0.05) is 6.21 Å². The third-order valence-corrected chi connectivity index (χ3v) is 4.65. The van der Waals surface area contributed by atoms with Crippen LogP contribution in [0.25, 0.3) is 0 Å². The van der Waals surface area contributed by atoms with Crippen molar-refractivity contribution >= 4 is 27.8 Å². The zero-order valence-corrected chi connectivity index (χ0v) is 17.8. The fourth-order valence-corrected chi connectivity index (χ4v) is 3.21. The first-order valence-electron chi connectivity index (χ1n) is 9.10. The Balaban J connectivity index is 1.74. The summed E-state index contributed by atoms with van der Waals surface area (Å²) in [4.78, 5) is 4.49. The van der Waals surface area contributed by atoms with Gasteiger partial charge in [0.1, 0.15) is 18.2 Å². The van der Waals surface area contributed by atoms with Crippen molar-refractivity contribution < 1.29 is 18.6 Å². The van der Waals surface area contributed by atoms with E-state index in [0.29, 0.717) is 24.7 Å². The number of hydrogen-bond donors (Lipinski definition) is 0. The van der Waals surface area contributed by atoms with Gasteiger partial charge in [0.15, 0.2) is 11.5 Å². The Morgan fingerprint density at radius 2 is 1.72 bits per heavy atom. The van der Waals surface area contributed by atoms with E-state index in [9.17, 15) is 4.39 Å². The number of hydrogen-bond acceptors (Lipinski definition) is 4. The molecule has 29 heavy (non-hydrogen) atoms. The van der Waals surface area contributed by atoms with Crippen LogP contribution in [0.2, 0.25) is 0 Å². The van der Waals surface area contributed by atoms with Crippen molar-refractivity contribution in [2.75, 3.05) is 13.7 Å². The van der Waals surface area contributed by atoms with Crippen LogP contribution in [0.5, 0.6) is 17.2 Å². The van der Waals surface area contributed by atoms with Gasteiger partial charge in [-0.25, -0.2) is 4.39 Å². The Kier molecular flexibility index (Phi) is 7.25. The average molecular weight is 458 g/mol. The van der Waals surface area contributed by atoms with Crippen LogP contribution >= 0.6 is 15.9 Å². The standard InChI is InChI=1S/C23H21BrFNO3/c1-3-28-20-10-8-19(9-11-20)26-14-17-12-21(24)23(22(13-17)27-2)29-15-16-4-6-18(25)7-5-16/h4-14H,3,15H2,1-2H3. The summed E-state index contributed by atoms with van der Waals surface area (Å²) in [6.45, 7) is 2.88. The molecule has 0 aliphatic heterocycles. The fraction of sp³-hybridized carbons (Fsp3) is 0.174. The molecule has 0 aliphatic rings. The summed E-state index contributed by atoms with van der Waals surface area (Å²) in [7, 11) is 1.58. The molecule has 3 rings (SSSR count). The van der Waals surface area contributed by atoms with Gasteiger partial charge in [-0.1, -0.05) is 12.1 Å². The van der Waals surface area contributed by atoms with Gasteiger partial charge in [0.25, 0.3) is 0 Å². The Bertz CT molecular complexity index is 973. The maximum Gasteiger partial charge on any atom is 0.175 e. The molecule has 0 fully saturated rings. The molecular formula is C23H21BrFNO3. The summed E-state index contributed by atoms with van der Waals surface area (Å²) in [5.74, 6) is 1.70. The summed E-state index contributed by atoms with van der Waals surface area (Å²) in [6.07, 6.45) is 1.76. The van der Waals surface area contributed by atoms with Crippen LogP contribution in [0.15, 0.2) is 70.1 Å². The van der Waals surface area contributed by atoms with Crippen LogP contribution in [0.3, 0.4) is 0 Å². The van der Waals surface area contributed by atoms with Crippen molar-refractivity contribution in [2.24, 2.45) is 4.99 Å². The van der Waals surface area contributed by atoms with Gasteiger partial charge < -0.3 is 14.2 Å². The lowest BCUT2D eigenvalue weighted by atomic mass is 10.2. The smallest absolute Gasteiger partial charge is 0.175 e. The second-order valence-electron chi connectivity index (χ2n) is 6.13. The van der Waals surface area contributed by atoms with E-state index in [-0.39, 0.29) is 5.82 Å². The molecule has 0 aromatic heterocycles. The first kappa shape index (κ1) is 20.9. The molecule has 0 radical (unpaired) electrons. The molecule has 0 spiro atoms. The van der Waals surface area contributed by atoms with Crippen molar-refractivity contribution in [1.29, 1.82) is 0 Å². The zero-order chi connectivity index (χ0) is 20.6. The Hall–Kier alpha value is -2.86. The van der Waals surface area contributed by atoms with Crippen molar-refractivity contribution in [3.8, 4) is 17.2 Å². The lowest BCUT2D eigenvalue weighted by molar-refractivity contribution is 0.282. The van der Waals surface area contributed by atoms with Crippen molar-refractivity contribution in [3.63, 3.8) is 0 Å². The maximum absolute atomic E-state index is 13.0. The second-order valence-corrected chi connectivity index (χ2v) is 6.99. The zero-order valence-electron chi connectivity index (χ0n) is 16.2. The van der Waals surface area contributed by atoms with Crippen LogP contribution in [-0.2, 0) is 6.61 Å².